The first-order chi connectivity index (χ1) is 12.3. The molecule has 26 heavy (non-hydrogen) atoms. The zero-order chi connectivity index (χ0) is 18.7. The van der Waals surface area contributed by atoms with Gasteiger partial charge in [0.1, 0.15) is 6.04 Å². The van der Waals surface area contributed by atoms with E-state index in [0.29, 0.717) is 37.0 Å². The van der Waals surface area contributed by atoms with E-state index in [2.05, 4.69) is 20.6 Å². The highest BCUT2D eigenvalue weighted by Gasteiger charge is 2.30. The fourth-order valence-corrected chi connectivity index (χ4v) is 2.66. The minimum atomic E-state index is -4.39. The van der Waals surface area contributed by atoms with Crippen LogP contribution in [0.4, 0.5) is 30.5 Å². The molecule has 3 rings (SSSR count). The Kier molecular flexibility index (Phi) is 4.94. The molecule has 2 aromatic rings. The Morgan fingerprint density at radius 2 is 1.92 bits per heavy atom. The van der Waals surface area contributed by atoms with Crippen molar-refractivity contribution < 1.29 is 18.0 Å². The number of rotatable bonds is 4. The Balaban J connectivity index is 1.80. The number of carbonyl (C=O) groups is 1. The van der Waals surface area contributed by atoms with E-state index in [-0.39, 0.29) is 0 Å². The molecule has 1 amide bonds. The van der Waals surface area contributed by atoms with Crippen molar-refractivity contribution in [1.29, 1.82) is 0 Å². The lowest BCUT2D eigenvalue weighted by Crippen LogP contribution is -2.56. The smallest absolute Gasteiger partial charge is 0.368 e. The Hall–Kier alpha value is -2.88. The number of halogens is 3. The number of hydrogen-bond donors (Lipinski definition) is 3. The summed E-state index contributed by atoms with van der Waals surface area (Å²) in [6.07, 6.45) is -1.40. The van der Waals surface area contributed by atoms with Gasteiger partial charge in [-0.25, -0.2) is 9.97 Å². The number of amides is 1. The number of primary amides is 1. The average molecular weight is 366 g/mol. The first kappa shape index (κ1) is 17.9. The Labute approximate surface area is 147 Å². The predicted octanol–water partition coefficient (Wildman–Crippen LogP) is 1.50. The van der Waals surface area contributed by atoms with Gasteiger partial charge in [0.25, 0.3) is 0 Å². The predicted molar refractivity (Wildman–Crippen MR) is 90.0 cm³/mol. The van der Waals surface area contributed by atoms with Crippen molar-refractivity contribution in [2.45, 2.75) is 12.2 Å². The van der Waals surface area contributed by atoms with Gasteiger partial charge in [-0.2, -0.15) is 13.2 Å². The largest absolute Gasteiger partial charge is 0.416 e. The summed E-state index contributed by atoms with van der Waals surface area (Å²) in [5.41, 5.74) is 5.06. The SMILES string of the molecule is NC(=O)[C@H]1CN(c2nccnc2Nc2ccc(C(F)(F)F)cc2)CCN1. The summed E-state index contributed by atoms with van der Waals surface area (Å²) in [7, 11) is 0. The van der Waals surface area contributed by atoms with Crippen LogP contribution in [0.15, 0.2) is 36.7 Å². The van der Waals surface area contributed by atoms with Crippen LogP contribution >= 0.6 is 0 Å². The molecular formula is C16H17F3N6O. The van der Waals surface area contributed by atoms with E-state index in [1.54, 1.807) is 0 Å². The lowest BCUT2D eigenvalue weighted by Gasteiger charge is -2.33. The van der Waals surface area contributed by atoms with Gasteiger partial charge >= 0.3 is 6.18 Å². The summed E-state index contributed by atoms with van der Waals surface area (Å²) in [6, 6.07) is 4.12. The number of carbonyl (C=O) groups excluding carboxylic acids is 1. The number of piperazine rings is 1. The van der Waals surface area contributed by atoms with Crippen LogP contribution in [0.3, 0.4) is 0 Å². The van der Waals surface area contributed by atoms with Gasteiger partial charge < -0.3 is 21.3 Å². The van der Waals surface area contributed by atoms with Crippen molar-refractivity contribution in [3.63, 3.8) is 0 Å². The molecule has 0 aliphatic carbocycles. The number of nitrogens with zero attached hydrogens (tertiary/aromatic N) is 3. The quantitative estimate of drug-likeness (QED) is 0.759. The van der Waals surface area contributed by atoms with Gasteiger partial charge in [0.2, 0.25) is 5.91 Å². The van der Waals surface area contributed by atoms with E-state index in [1.165, 1.54) is 24.5 Å². The maximum Gasteiger partial charge on any atom is 0.416 e. The molecule has 1 aromatic heterocycles. The van der Waals surface area contributed by atoms with Gasteiger partial charge in [0.05, 0.1) is 5.56 Å². The molecule has 0 unspecified atom stereocenters. The second-order valence-electron chi connectivity index (χ2n) is 5.78. The van der Waals surface area contributed by atoms with Gasteiger partial charge in [-0.05, 0) is 24.3 Å². The molecule has 7 nitrogen and oxygen atoms in total. The first-order valence-corrected chi connectivity index (χ1v) is 7.87. The summed E-state index contributed by atoms with van der Waals surface area (Å²) < 4.78 is 38.0. The van der Waals surface area contributed by atoms with Gasteiger partial charge in [0.15, 0.2) is 11.6 Å². The van der Waals surface area contributed by atoms with Gasteiger partial charge in [0, 0.05) is 37.7 Å². The van der Waals surface area contributed by atoms with E-state index in [9.17, 15) is 18.0 Å². The van der Waals surface area contributed by atoms with Gasteiger partial charge in [-0.15, -0.1) is 0 Å². The lowest BCUT2D eigenvalue weighted by atomic mass is 10.2. The Morgan fingerprint density at radius 3 is 2.58 bits per heavy atom. The van der Waals surface area contributed by atoms with Crippen LogP contribution in [0.2, 0.25) is 0 Å². The van der Waals surface area contributed by atoms with E-state index < -0.39 is 23.7 Å². The number of nitrogens with one attached hydrogen (secondary N) is 2. The monoisotopic (exact) mass is 366 g/mol. The van der Waals surface area contributed by atoms with Crippen LogP contribution in [0, 0.1) is 0 Å². The Bertz CT molecular complexity index is 780. The molecule has 0 spiro atoms. The molecule has 1 aliphatic rings. The van der Waals surface area contributed by atoms with Crippen molar-refractivity contribution in [3.8, 4) is 0 Å². The van der Waals surface area contributed by atoms with E-state index in [4.69, 9.17) is 5.73 Å². The van der Waals surface area contributed by atoms with Crippen molar-refractivity contribution in [2.75, 3.05) is 29.9 Å². The number of anilines is 3. The molecule has 138 valence electrons. The van der Waals surface area contributed by atoms with Gasteiger partial charge in [-0.1, -0.05) is 0 Å². The van der Waals surface area contributed by atoms with E-state index in [1.807, 2.05) is 4.90 Å². The van der Waals surface area contributed by atoms with Crippen LogP contribution in [0.25, 0.3) is 0 Å². The molecule has 0 bridgehead atoms. The number of benzene rings is 1. The Morgan fingerprint density at radius 1 is 1.23 bits per heavy atom. The van der Waals surface area contributed by atoms with Gasteiger partial charge in [-0.3, -0.25) is 4.79 Å². The lowest BCUT2D eigenvalue weighted by molar-refractivity contribution is -0.137. The summed E-state index contributed by atoms with van der Waals surface area (Å²) in [4.78, 5) is 21.8. The highest BCUT2D eigenvalue weighted by Crippen LogP contribution is 2.31. The highest BCUT2D eigenvalue weighted by molar-refractivity contribution is 5.81. The van der Waals surface area contributed by atoms with Crippen LogP contribution in [-0.4, -0.2) is 41.6 Å². The number of nitrogens with two attached hydrogens (primary N) is 1. The third kappa shape index (κ3) is 4.02. The molecule has 0 radical (unpaired) electrons. The van der Waals surface area contributed by atoms with Crippen LogP contribution in [-0.2, 0) is 11.0 Å². The summed E-state index contributed by atoms with van der Waals surface area (Å²) in [6.45, 7) is 1.46. The average Bonchev–Trinajstić information content (AvgIpc) is 2.62. The summed E-state index contributed by atoms with van der Waals surface area (Å²) in [5.74, 6) is 0.424. The maximum atomic E-state index is 12.7. The highest BCUT2D eigenvalue weighted by atomic mass is 19.4. The third-order valence-corrected chi connectivity index (χ3v) is 3.97. The molecule has 2 heterocycles. The van der Waals surface area contributed by atoms with Crippen molar-refractivity contribution >= 4 is 23.2 Å². The summed E-state index contributed by atoms with van der Waals surface area (Å²) in [5, 5.41) is 5.99. The second kappa shape index (κ2) is 7.16. The molecule has 1 atom stereocenters. The number of alkyl halides is 3. The normalized spacial score (nSPS) is 17.8. The first-order valence-electron chi connectivity index (χ1n) is 7.87. The van der Waals surface area contributed by atoms with E-state index >= 15 is 0 Å². The number of aromatic nitrogens is 2. The molecule has 1 fully saturated rings. The minimum absolute atomic E-state index is 0.329. The fourth-order valence-electron chi connectivity index (χ4n) is 2.66. The molecule has 1 saturated heterocycles. The topological polar surface area (TPSA) is 96.2 Å². The molecule has 1 aromatic carbocycles. The minimum Gasteiger partial charge on any atom is -0.368 e. The zero-order valence-electron chi connectivity index (χ0n) is 13.6. The number of hydrogen-bond acceptors (Lipinski definition) is 6. The molecule has 1 aliphatic heterocycles. The van der Waals surface area contributed by atoms with Crippen LogP contribution in [0.1, 0.15) is 5.56 Å². The standard InChI is InChI=1S/C16H17F3N6O/c17-16(18,19)10-1-3-11(4-2-10)24-14-15(23-6-5-22-14)25-8-7-21-12(9-25)13(20)26/h1-6,12,21H,7-9H2,(H2,20,26)(H,22,24)/t12-/m1/s1. The summed E-state index contributed by atoms with van der Waals surface area (Å²) >= 11 is 0. The molecule has 10 heteroatoms. The van der Waals surface area contributed by atoms with Crippen molar-refractivity contribution in [3.05, 3.63) is 42.2 Å². The zero-order valence-corrected chi connectivity index (χ0v) is 13.6. The third-order valence-electron chi connectivity index (χ3n) is 3.97. The fraction of sp³-hybridized carbons (Fsp3) is 0.312. The molecule has 0 saturated carbocycles. The molecular weight excluding hydrogens is 349 g/mol. The molecule has 4 N–H and O–H groups in total. The second-order valence-corrected chi connectivity index (χ2v) is 5.78. The van der Waals surface area contributed by atoms with Crippen molar-refractivity contribution in [2.24, 2.45) is 5.73 Å². The van der Waals surface area contributed by atoms with Crippen molar-refractivity contribution in [1.82, 2.24) is 15.3 Å². The maximum absolute atomic E-state index is 12.7. The van der Waals surface area contributed by atoms with Crippen LogP contribution in [0.5, 0.6) is 0 Å². The van der Waals surface area contributed by atoms with E-state index in [0.717, 1.165) is 12.1 Å². The van der Waals surface area contributed by atoms with Crippen LogP contribution < -0.4 is 21.3 Å².